The van der Waals surface area contributed by atoms with Gasteiger partial charge in [-0.25, -0.2) is 9.97 Å². The zero-order chi connectivity index (χ0) is 20.7. The number of aromatic amines is 1. The van der Waals surface area contributed by atoms with Crippen LogP contribution < -0.4 is 5.32 Å². The van der Waals surface area contributed by atoms with E-state index in [4.69, 9.17) is 0 Å². The Labute approximate surface area is 180 Å². The summed E-state index contributed by atoms with van der Waals surface area (Å²) in [5.41, 5.74) is 5.48. The largest absolute Gasteiger partial charge is 0.358 e. The average molecular weight is 432 g/mol. The van der Waals surface area contributed by atoms with E-state index in [1.54, 1.807) is 6.20 Å². The van der Waals surface area contributed by atoms with Crippen molar-refractivity contribution in [1.82, 2.24) is 19.9 Å². The molecule has 4 heterocycles. The number of hydrogen-bond donors (Lipinski definition) is 2. The number of para-hydroxylation sites is 1. The van der Waals surface area contributed by atoms with E-state index in [1.165, 1.54) is 22.7 Å². The second-order valence-electron chi connectivity index (χ2n) is 6.81. The van der Waals surface area contributed by atoms with Gasteiger partial charge in [0.15, 0.2) is 5.13 Å². The highest BCUT2D eigenvalue weighted by atomic mass is 32.1. The minimum absolute atomic E-state index is 0.205. The van der Waals surface area contributed by atoms with Crippen molar-refractivity contribution in [1.29, 1.82) is 0 Å². The molecule has 0 aliphatic heterocycles. The molecule has 0 radical (unpaired) electrons. The van der Waals surface area contributed by atoms with Crippen molar-refractivity contribution in [3.8, 4) is 22.0 Å². The van der Waals surface area contributed by atoms with Gasteiger partial charge in [0.05, 0.1) is 17.1 Å². The number of aryl methyl sites for hydroxylation is 2. The summed E-state index contributed by atoms with van der Waals surface area (Å²) in [5.74, 6) is -0.205. The summed E-state index contributed by atoms with van der Waals surface area (Å²) in [5, 5.41) is 7.30. The van der Waals surface area contributed by atoms with Gasteiger partial charge in [-0.15, -0.1) is 22.7 Å². The summed E-state index contributed by atoms with van der Waals surface area (Å²) in [6, 6.07) is 13.8. The molecule has 2 N–H and O–H groups in total. The molecule has 8 heteroatoms. The number of benzene rings is 1. The van der Waals surface area contributed by atoms with Gasteiger partial charge in [0.1, 0.15) is 9.88 Å². The van der Waals surface area contributed by atoms with Crippen LogP contribution in [0.2, 0.25) is 0 Å². The standard InChI is InChI=1S/C22H17N5OS2/c1-12-18(14-7-3-4-8-15(14)24-12)17-11-29-22(26-17)27-20(28)19-13(2)25-21(30-19)16-9-5-6-10-23-16/h3-11,24H,1-2H3,(H,26,27,28). The minimum atomic E-state index is -0.205. The first-order valence-electron chi connectivity index (χ1n) is 9.33. The minimum Gasteiger partial charge on any atom is -0.358 e. The number of anilines is 1. The fraction of sp³-hybridized carbons (Fsp3) is 0.0909. The van der Waals surface area contributed by atoms with E-state index in [0.717, 1.165) is 38.6 Å². The lowest BCUT2D eigenvalue weighted by Crippen LogP contribution is -2.11. The second kappa shape index (κ2) is 7.47. The van der Waals surface area contributed by atoms with Gasteiger partial charge in [-0.05, 0) is 32.0 Å². The topological polar surface area (TPSA) is 83.6 Å². The number of amides is 1. The number of fused-ring (bicyclic) bond motifs is 1. The van der Waals surface area contributed by atoms with Gasteiger partial charge in [-0.2, -0.15) is 0 Å². The van der Waals surface area contributed by atoms with E-state index >= 15 is 0 Å². The van der Waals surface area contributed by atoms with Gasteiger partial charge in [0.2, 0.25) is 0 Å². The third-order valence-electron chi connectivity index (χ3n) is 4.76. The van der Waals surface area contributed by atoms with Crippen LogP contribution in [0.1, 0.15) is 21.1 Å². The molecule has 5 aromatic rings. The summed E-state index contributed by atoms with van der Waals surface area (Å²) in [6.45, 7) is 3.87. The smallest absolute Gasteiger partial charge is 0.269 e. The van der Waals surface area contributed by atoms with Crippen LogP contribution in [-0.4, -0.2) is 25.8 Å². The van der Waals surface area contributed by atoms with E-state index < -0.39 is 0 Å². The van der Waals surface area contributed by atoms with Gasteiger partial charge >= 0.3 is 0 Å². The third-order valence-corrected chi connectivity index (χ3v) is 6.70. The van der Waals surface area contributed by atoms with Crippen LogP contribution in [0.15, 0.2) is 54.0 Å². The maximum atomic E-state index is 12.9. The number of nitrogens with zero attached hydrogens (tertiary/aromatic N) is 3. The highest BCUT2D eigenvalue weighted by Crippen LogP contribution is 2.34. The van der Waals surface area contributed by atoms with Crippen molar-refractivity contribution in [2.75, 3.05) is 5.32 Å². The summed E-state index contributed by atoms with van der Waals surface area (Å²) in [4.78, 5) is 30.3. The molecular formula is C22H17N5OS2. The summed E-state index contributed by atoms with van der Waals surface area (Å²) < 4.78 is 0. The molecule has 148 valence electrons. The van der Waals surface area contributed by atoms with Gasteiger partial charge < -0.3 is 4.98 Å². The van der Waals surface area contributed by atoms with Gasteiger partial charge in [0.25, 0.3) is 5.91 Å². The van der Waals surface area contributed by atoms with E-state index in [1.807, 2.05) is 55.6 Å². The van der Waals surface area contributed by atoms with Crippen molar-refractivity contribution in [2.45, 2.75) is 13.8 Å². The molecule has 1 amide bonds. The summed E-state index contributed by atoms with van der Waals surface area (Å²) in [6.07, 6.45) is 1.72. The molecule has 0 fully saturated rings. The Kier molecular flexibility index (Phi) is 4.65. The molecule has 1 aromatic carbocycles. The number of rotatable bonds is 4. The lowest BCUT2D eigenvalue weighted by atomic mass is 10.1. The van der Waals surface area contributed by atoms with Crippen LogP contribution in [0, 0.1) is 13.8 Å². The van der Waals surface area contributed by atoms with Crippen LogP contribution in [0.25, 0.3) is 32.9 Å². The average Bonchev–Trinajstić information content (AvgIpc) is 3.44. The molecule has 0 spiro atoms. The Morgan fingerprint density at radius 3 is 2.70 bits per heavy atom. The van der Waals surface area contributed by atoms with Gasteiger partial charge in [0, 0.05) is 33.7 Å². The predicted molar refractivity (Wildman–Crippen MR) is 122 cm³/mol. The first-order chi connectivity index (χ1) is 14.6. The van der Waals surface area contributed by atoms with Crippen LogP contribution >= 0.6 is 22.7 Å². The van der Waals surface area contributed by atoms with Crippen molar-refractivity contribution in [2.24, 2.45) is 0 Å². The second-order valence-corrected chi connectivity index (χ2v) is 8.67. The lowest BCUT2D eigenvalue weighted by Gasteiger charge is -2.00. The molecule has 0 unspecified atom stereocenters. The van der Waals surface area contributed by atoms with Crippen LogP contribution in [-0.2, 0) is 0 Å². The molecule has 4 aromatic heterocycles. The highest BCUT2D eigenvalue weighted by molar-refractivity contribution is 7.17. The van der Waals surface area contributed by atoms with Crippen LogP contribution in [0.5, 0.6) is 0 Å². The van der Waals surface area contributed by atoms with Crippen LogP contribution in [0.4, 0.5) is 5.13 Å². The molecular weight excluding hydrogens is 414 g/mol. The van der Waals surface area contributed by atoms with Crippen molar-refractivity contribution in [3.05, 3.63) is 70.3 Å². The quantitative estimate of drug-likeness (QED) is 0.383. The molecule has 5 rings (SSSR count). The number of aromatic nitrogens is 4. The molecule has 30 heavy (non-hydrogen) atoms. The molecule has 0 atom stereocenters. The molecule has 6 nitrogen and oxygen atoms in total. The van der Waals surface area contributed by atoms with Gasteiger partial charge in [-0.1, -0.05) is 24.3 Å². The number of thiazole rings is 2. The fourth-order valence-electron chi connectivity index (χ4n) is 3.41. The fourth-order valence-corrected chi connectivity index (χ4v) is 5.05. The van der Waals surface area contributed by atoms with Crippen LogP contribution in [0.3, 0.4) is 0 Å². The van der Waals surface area contributed by atoms with Crippen molar-refractivity contribution >= 4 is 44.6 Å². The predicted octanol–water partition coefficient (Wildman–Crippen LogP) is 5.68. The zero-order valence-corrected chi connectivity index (χ0v) is 17.9. The molecule has 0 aliphatic rings. The highest BCUT2D eigenvalue weighted by Gasteiger charge is 2.19. The van der Waals surface area contributed by atoms with E-state index in [-0.39, 0.29) is 5.91 Å². The van der Waals surface area contributed by atoms with Crippen molar-refractivity contribution < 1.29 is 4.79 Å². The third kappa shape index (κ3) is 3.30. The summed E-state index contributed by atoms with van der Waals surface area (Å²) in [7, 11) is 0. The normalized spacial score (nSPS) is 11.1. The van der Waals surface area contributed by atoms with E-state index in [9.17, 15) is 4.79 Å². The number of carbonyl (C=O) groups excluding carboxylic acids is 1. The van der Waals surface area contributed by atoms with E-state index in [0.29, 0.717) is 15.7 Å². The number of nitrogens with one attached hydrogen (secondary N) is 2. The number of H-pyrrole nitrogens is 1. The zero-order valence-electron chi connectivity index (χ0n) is 16.3. The summed E-state index contributed by atoms with van der Waals surface area (Å²) >= 11 is 2.75. The molecule has 0 saturated carbocycles. The number of hydrogen-bond acceptors (Lipinski definition) is 6. The Hall–Kier alpha value is -3.36. The molecule has 0 aliphatic carbocycles. The Morgan fingerprint density at radius 2 is 1.87 bits per heavy atom. The van der Waals surface area contributed by atoms with Crippen molar-refractivity contribution in [3.63, 3.8) is 0 Å². The molecule has 0 saturated heterocycles. The number of carbonyl (C=O) groups is 1. The Balaban J connectivity index is 1.41. The number of pyridine rings is 1. The maximum absolute atomic E-state index is 12.9. The SMILES string of the molecule is Cc1nc(-c2ccccn2)sc1C(=O)Nc1nc(-c2c(C)[nH]c3ccccc23)cs1. The Morgan fingerprint density at radius 1 is 1.03 bits per heavy atom. The van der Waals surface area contributed by atoms with E-state index in [2.05, 4.69) is 31.3 Å². The van der Waals surface area contributed by atoms with Gasteiger partial charge in [-0.3, -0.25) is 15.1 Å². The monoisotopic (exact) mass is 431 g/mol. The molecule has 0 bridgehead atoms. The maximum Gasteiger partial charge on any atom is 0.269 e. The Bertz CT molecular complexity index is 1370. The lowest BCUT2D eigenvalue weighted by molar-refractivity contribution is 0.103. The first-order valence-corrected chi connectivity index (χ1v) is 11.0. The first kappa shape index (κ1) is 18.7.